The minimum Gasteiger partial charge on any atom is -0.339 e. The number of nitrogens with zero attached hydrogens (tertiary/aromatic N) is 1. The normalized spacial score (nSPS) is 22.2. The highest BCUT2D eigenvalue weighted by Crippen LogP contribution is 2.22. The summed E-state index contributed by atoms with van der Waals surface area (Å²) >= 11 is 0. The minimum absolute atomic E-state index is 0.175. The molecule has 1 fully saturated rings. The van der Waals surface area contributed by atoms with Gasteiger partial charge in [-0.1, -0.05) is 20.3 Å². The SMILES string of the molecule is CCC(C)CC(=O)N1CCCC1CC(C)=O. The van der Waals surface area contributed by atoms with Gasteiger partial charge in [0.1, 0.15) is 5.78 Å². The Morgan fingerprint density at radius 1 is 1.44 bits per heavy atom. The molecule has 1 aliphatic rings. The second-order valence-electron chi connectivity index (χ2n) is 5.01. The quantitative estimate of drug-likeness (QED) is 0.720. The highest BCUT2D eigenvalue weighted by Gasteiger charge is 2.29. The van der Waals surface area contributed by atoms with Crippen molar-refractivity contribution in [3.8, 4) is 0 Å². The largest absolute Gasteiger partial charge is 0.339 e. The molecule has 16 heavy (non-hydrogen) atoms. The lowest BCUT2D eigenvalue weighted by Gasteiger charge is -2.25. The standard InChI is InChI=1S/C13H23NO2/c1-4-10(2)8-13(16)14-7-5-6-12(14)9-11(3)15/h10,12H,4-9H2,1-3H3. The zero-order valence-electron chi connectivity index (χ0n) is 10.7. The Balaban J connectivity index is 2.50. The highest BCUT2D eigenvalue weighted by molar-refractivity contribution is 5.80. The van der Waals surface area contributed by atoms with Gasteiger partial charge in [-0.25, -0.2) is 0 Å². The van der Waals surface area contributed by atoms with Gasteiger partial charge in [-0.3, -0.25) is 9.59 Å². The summed E-state index contributed by atoms with van der Waals surface area (Å²) in [7, 11) is 0. The summed E-state index contributed by atoms with van der Waals surface area (Å²) in [5, 5.41) is 0. The molecule has 0 bridgehead atoms. The van der Waals surface area contributed by atoms with Crippen molar-refractivity contribution in [3.63, 3.8) is 0 Å². The number of ketones is 1. The van der Waals surface area contributed by atoms with Crippen LogP contribution in [0.2, 0.25) is 0 Å². The molecule has 1 rings (SSSR count). The van der Waals surface area contributed by atoms with E-state index in [1.807, 2.05) is 4.90 Å². The van der Waals surface area contributed by atoms with Gasteiger partial charge in [0.2, 0.25) is 5.91 Å². The Bertz CT molecular complexity index is 263. The molecule has 0 aromatic carbocycles. The molecule has 1 heterocycles. The molecular formula is C13H23NO2. The summed E-state index contributed by atoms with van der Waals surface area (Å²) in [5.74, 6) is 0.873. The molecule has 1 saturated heterocycles. The van der Waals surface area contributed by atoms with E-state index in [2.05, 4.69) is 13.8 Å². The molecule has 0 spiro atoms. The number of amides is 1. The van der Waals surface area contributed by atoms with Gasteiger partial charge in [0.25, 0.3) is 0 Å². The lowest BCUT2D eigenvalue weighted by molar-refractivity contribution is -0.133. The molecule has 2 unspecified atom stereocenters. The third kappa shape index (κ3) is 3.62. The predicted molar refractivity (Wildman–Crippen MR) is 64.1 cm³/mol. The van der Waals surface area contributed by atoms with Crippen molar-refractivity contribution in [2.24, 2.45) is 5.92 Å². The van der Waals surface area contributed by atoms with Gasteiger partial charge in [0.15, 0.2) is 0 Å². The van der Waals surface area contributed by atoms with Crippen molar-refractivity contribution in [2.75, 3.05) is 6.54 Å². The molecule has 0 N–H and O–H groups in total. The van der Waals surface area contributed by atoms with Crippen LogP contribution in [-0.2, 0) is 9.59 Å². The molecule has 92 valence electrons. The zero-order chi connectivity index (χ0) is 12.1. The fraction of sp³-hybridized carbons (Fsp3) is 0.846. The molecule has 0 aromatic heterocycles. The van der Waals surface area contributed by atoms with Crippen LogP contribution in [0.15, 0.2) is 0 Å². The van der Waals surface area contributed by atoms with Crippen LogP contribution in [-0.4, -0.2) is 29.2 Å². The Labute approximate surface area is 98.2 Å². The second kappa shape index (κ2) is 6.02. The molecule has 0 radical (unpaired) electrons. The first-order valence-corrected chi connectivity index (χ1v) is 6.33. The molecule has 0 saturated carbocycles. The van der Waals surface area contributed by atoms with Crippen molar-refractivity contribution in [1.82, 2.24) is 4.90 Å². The van der Waals surface area contributed by atoms with E-state index in [0.717, 1.165) is 25.8 Å². The van der Waals surface area contributed by atoms with Crippen LogP contribution in [0.5, 0.6) is 0 Å². The van der Waals surface area contributed by atoms with Gasteiger partial charge in [0, 0.05) is 25.4 Å². The van der Waals surface area contributed by atoms with E-state index in [-0.39, 0.29) is 17.7 Å². The van der Waals surface area contributed by atoms with Crippen molar-refractivity contribution in [2.45, 2.75) is 58.9 Å². The average molecular weight is 225 g/mol. The van der Waals surface area contributed by atoms with E-state index in [1.54, 1.807) is 6.92 Å². The van der Waals surface area contributed by atoms with E-state index >= 15 is 0 Å². The number of hydrogen-bond donors (Lipinski definition) is 0. The van der Waals surface area contributed by atoms with Crippen LogP contribution in [0.3, 0.4) is 0 Å². The maximum Gasteiger partial charge on any atom is 0.223 e. The van der Waals surface area contributed by atoms with Gasteiger partial charge in [-0.2, -0.15) is 0 Å². The molecule has 2 atom stereocenters. The third-order valence-corrected chi connectivity index (χ3v) is 3.44. The summed E-state index contributed by atoms with van der Waals surface area (Å²) in [6.07, 6.45) is 4.24. The van der Waals surface area contributed by atoms with Crippen molar-refractivity contribution in [1.29, 1.82) is 0 Å². The summed E-state index contributed by atoms with van der Waals surface area (Å²) in [6, 6.07) is 0.175. The smallest absolute Gasteiger partial charge is 0.223 e. The molecule has 3 heteroatoms. The first-order valence-electron chi connectivity index (χ1n) is 6.33. The lowest BCUT2D eigenvalue weighted by Crippen LogP contribution is -2.37. The van der Waals surface area contributed by atoms with E-state index < -0.39 is 0 Å². The van der Waals surface area contributed by atoms with Crippen molar-refractivity contribution >= 4 is 11.7 Å². The predicted octanol–water partition coefficient (Wildman–Crippen LogP) is 2.39. The molecular weight excluding hydrogens is 202 g/mol. The van der Waals surface area contributed by atoms with Gasteiger partial charge < -0.3 is 4.90 Å². The Hall–Kier alpha value is -0.860. The van der Waals surface area contributed by atoms with Crippen LogP contribution in [0.1, 0.15) is 52.9 Å². The van der Waals surface area contributed by atoms with E-state index in [4.69, 9.17) is 0 Å². The number of likely N-dealkylation sites (tertiary alicyclic amines) is 1. The number of hydrogen-bond acceptors (Lipinski definition) is 2. The number of rotatable bonds is 5. The summed E-state index contributed by atoms with van der Waals surface area (Å²) < 4.78 is 0. The van der Waals surface area contributed by atoms with Gasteiger partial charge in [0.05, 0.1) is 0 Å². The Morgan fingerprint density at radius 3 is 2.69 bits per heavy atom. The summed E-state index contributed by atoms with van der Waals surface area (Å²) in [5.41, 5.74) is 0. The number of carbonyl (C=O) groups is 2. The van der Waals surface area contributed by atoms with Crippen molar-refractivity contribution in [3.05, 3.63) is 0 Å². The van der Waals surface area contributed by atoms with Crippen LogP contribution in [0.25, 0.3) is 0 Å². The summed E-state index contributed by atoms with van der Waals surface area (Å²) in [4.78, 5) is 25.1. The second-order valence-corrected chi connectivity index (χ2v) is 5.01. The zero-order valence-corrected chi connectivity index (χ0v) is 10.7. The number of carbonyl (C=O) groups excluding carboxylic acids is 2. The van der Waals surface area contributed by atoms with E-state index in [0.29, 0.717) is 18.8 Å². The van der Waals surface area contributed by atoms with E-state index in [1.165, 1.54) is 0 Å². The van der Waals surface area contributed by atoms with Crippen LogP contribution in [0.4, 0.5) is 0 Å². The molecule has 0 aromatic rings. The minimum atomic E-state index is 0.175. The highest BCUT2D eigenvalue weighted by atomic mass is 16.2. The molecule has 1 amide bonds. The molecule has 0 aliphatic carbocycles. The fourth-order valence-corrected chi connectivity index (χ4v) is 2.27. The van der Waals surface area contributed by atoms with Gasteiger partial charge in [-0.15, -0.1) is 0 Å². The maximum atomic E-state index is 12.0. The Morgan fingerprint density at radius 2 is 2.12 bits per heavy atom. The first kappa shape index (κ1) is 13.2. The average Bonchev–Trinajstić information content (AvgIpc) is 2.64. The van der Waals surface area contributed by atoms with Gasteiger partial charge >= 0.3 is 0 Å². The van der Waals surface area contributed by atoms with E-state index in [9.17, 15) is 9.59 Å². The topological polar surface area (TPSA) is 37.4 Å². The van der Waals surface area contributed by atoms with Crippen LogP contribution >= 0.6 is 0 Å². The van der Waals surface area contributed by atoms with Crippen LogP contribution < -0.4 is 0 Å². The maximum absolute atomic E-state index is 12.0. The van der Waals surface area contributed by atoms with Gasteiger partial charge in [-0.05, 0) is 25.7 Å². The molecule has 3 nitrogen and oxygen atoms in total. The number of Topliss-reactive ketones (excluding diaryl/α,β-unsaturated/α-hetero) is 1. The van der Waals surface area contributed by atoms with Crippen molar-refractivity contribution < 1.29 is 9.59 Å². The first-order chi connectivity index (χ1) is 7.54. The summed E-state index contributed by atoms with van der Waals surface area (Å²) in [6.45, 7) is 6.66. The molecule has 1 aliphatic heterocycles. The fourth-order valence-electron chi connectivity index (χ4n) is 2.27. The third-order valence-electron chi connectivity index (χ3n) is 3.44. The van der Waals surface area contributed by atoms with Crippen LogP contribution in [0, 0.1) is 5.92 Å². The Kier molecular flexibility index (Phi) is 4.97. The monoisotopic (exact) mass is 225 g/mol. The lowest BCUT2D eigenvalue weighted by atomic mass is 10.0.